The molecule has 0 bridgehead atoms. The average molecular weight is 393 g/mol. The Kier molecular flexibility index (Phi) is 5.67. The lowest BCUT2D eigenvalue weighted by Crippen LogP contribution is -2.43. The smallest absolute Gasteiger partial charge is 0.273 e. The Bertz CT molecular complexity index is 1000. The van der Waals surface area contributed by atoms with Gasteiger partial charge in [0.1, 0.15) is 5.82 Å². The molecular weight excluding hydrogens is 369 g/mol. The maximum atomic E-state index is 13.8. The second-order valence-corrected chi connectivity index (χ2v) is 7.52. The van der Waals surface area contributed by atoms with Crippen LogP contribution in [0.25, 0.3) is 0 Å². The lowest BCUT2D eigenvalue weighted by Gasteiger charge is -2.30. The van der Waals surface area contributed by atoms with Crippen molar-refractivity contribution in [2.75, 3.05) is 13.1 Å². The van der Waals surface area contributed by atoms with Crippen molar-refractivity contribution < 1.29 is 9.18 Å². The first-order valence-electron chi connectivity index (χ1n) is 9.82. The van der Waals surface area contributed by atoms with Crippen LogP contribution in [0.15, 0.2) is 54.7 Å². The average Bonchev–Trinajstić information content (AvgIpc) is 3.18. The monoisotopic (exact) mass is 393 g/mol. The summed E-state index contributed by atoms with van der Waals surface area (Å²) in [7, 11) is 0. The van der Waals surface area contributed by atoms with Crippen LogP contribution in [-0.2, 0) is 19.5 Å². The normalized spacial score (nSPS) is 15.0. The maximum Gasteiger partial charge on any atom is 0.273 e. The van der Waals surface area contributed by atoms with E-state index in [9.17, 15) is 9.18 Å². The summed E-state index contributed by atoms with van der Waals surface area (Å²) in [5, 5.41) is 10.9. The van der Waals surface area contributed by atoms with Crippen LogP contribution in [0, 0.1) is 5.82 Å². The largest absolute Gasteiger partial charge is 0.347 e. The van der Waals surface area contributed by atoms with E-state index in [-0.39, 0.29) is 30.0 Å². The second-order valence-electron chi connectivity index (χ2n) is 7.52. The molecule has 0 spiro atoms. The van der Waals surface area contributed by atoms with E-state index in [2.05, 4.69) is 44.8 Å². The number of carbonyl (C=O) groups is 1. The zero-order chi connectivity index (χ0) is 20.2. The molecule has 3 aromatic rings. The highest BCUT2D eigenvalue weighted by Gasteiger charge is 2.20. The number of hydrogen-bond donors (Lipinski definition) is 1. The van der Waals surface area contributed by atoms with Gasteiger partial charge in [0.05, 0.1) is 12.7 Å². The minimum atomic E-state index is -0.300. The lowest BCUT2D eigenvalue weighted by molar-refractivity contribution is 0.0922. The molecule has 1 aliphatic heterocycles. The second kappa shape index (κ2) is 8.53. The zero-order valence-corrected chi connectivity index (χ0v) is 16.4. The summed E-state index contributed by atoms with van der Waals surface area (Å²) < 4.78 is 15.3. The predicted molar refractivity (Wildman–Crippen MR) is 108 cm³/mol. The minimum Gasteiger partial charge on any atom is -0.347 e. The molecule has 0 saturated heterocycles. The summed E-state index contributed by atoms with van der Waals surface area (Å²) >= 11 is 0. The number of benzene rings is 2. The van der Waals surface area contributed by atoms with Crippen molar-refractivity contribution in [3.8, 4) is 0 Å². The van der Waals surface area contributed by atoms with E-state index in [1.165, 1.54) is 21.9 Å². The van der Waals surface area contributed by atoms with E-state index < -0.39 is 0 Å². The fourth-order valence-corrected chi connectivity index (χ4v) is 3.72. The highest BCUT2D eigenvalue weighted by Crippen LogP contribution is 2.18. The van der Waals surface area contributed by atoms with Gasteiger partial charge >= 0.3 is 0 Å². The van der Waals surface area contributed by atoms with Crippen molar-refractivity contribution in [1.29, 1.82) is 0 Å². The summed E-state index contributed by atoms with van der Waals surface area (Å²) in [6, 6.07) is 15.0. The first-order chi connectivity index (χ1) is 14.1. The molecule has 4 rings (SSSR count). The molecule has 6 nitrogen and oxygen atoms in total. The van der Waals surface area contributed by atoms with E-state index in [0.717, 1.165) is 26.1 Å². The van der Waals surface area contributed by atoms with Crippen molar-refractivity contribution >= 4 is 5.91 Å². The van der Waals surface area contributed by atoms with E-state index >= 15 is 0 Å². The number of hydrogen-bond acceptors (Lipinski definition) is 4. The molecule has 0 saturated carbocycles. The van der Waals surface area contributed by atoms with Gasteiger partial charge in [-0.25, -0.2) is 9.07 Å². The van der Waals surface area contributed by atoms with Crippen molar-refractivity contribution in [3.05, 3.63) is 82.9 Å². The van der Waals surface area contributed by atoms with Crippen LogP contribution < -0.4 is 5.32 Å². The zero-order valence-electron chi connectivity index (χ0n) is 16.4. The van der Waals surface area contributed by atoms with Gasteiger partial charge in [0.2, 0.25) is 0 Å². The molecule has 0 radical (unpaired) electrons. The summed E-state index contributed by atoms with van der Waals surface area (Å²) in [5.74, 6) is -0.569. The van der Waals surface area contributed by atoms with Gasteiger partial charge in [-0.2, -0.15) is 0 Å². The molecular formula is C22H24FN5O. The Balaban J connectivity index is 1.31. The van der Waals surface area contributed by atoms with Gasteiger partial charge in [0.15, 0.2) is 5.69 Å². The molecule has 7 heteroatoms. The lowest BCUT2D eigenvalue weighted by atomic mass is 10.00. The van der Waals surface area contributed by atoms with Gasteiger partial charge in [-0.1, -0.05) is 47.7 Å². The summed E-state index contributed by atoms with van der Waals surface area (Å²) in [6.45, 7) is 4.87. The third-order valence-corrected chi connectivity index (χ3v) is 5.18. The fourth-order valence-electron chi connectivity index (χ4n) is 3.72. The number of carbonyl (C=O) groups excluding carboxylic acids is 1. The number of rotatable bonds is 6. The highest BCUT2D eigenvalue weighted by molar-refractivity contribution is 5.92. The molecule has 1 N–H and O–H groups in total. The quantitative estimate of drug-likeness (QED) is 0.699. The Morgan fingerprint density at radius 2 is 1.93 bits per heavy atom. The number of nitrogens with zero attached hydrogens (tertiary/aromatic N) is 4. The van der Waals surface area contributed by atoms with E-state index in [1.54, 1.807) is 24.4 Å². The van der Waals surface area contributed by atoms with Gasteiger partial charge in [0.25, 0.3) is 5.91 Å². The van der Waals surface area contributed by atoms with Gasteiger partial charge in [-0.15, -0.1) is 5.10 Å². The van der Waals surface area contributed by atoms with Gasteiger partial charge in [0, 0.05) is 31.2 Å². The van der Waals surface area contributed by atoms with Crippen LogP contribution in [0.1, 0.15) is 34.1 Å². The third kappa shape index (κ3) is 4.68. The Hall–Kier alpha value is -3.06. The number of amides is 1. The number of nitrogens with one attached hydrogen (secondary N) is 1. The number of aromatic nitrogens is 3. The molecule has 150 valence electrons. The number of fused-ring (bicyclic) bond motifs is 1. The molecule has 1 aliphatic rings. The topological polar surface area (TPSA) is 63.1 Å². The molecule has 0 fully saturated rings. The van der Waals surface area contributed by atoms with Crippen molar-refractivity contribution in [2.24, 2.45) is 0 Å². The summed E-state index contributed by atoms with van der Waals surface area (Å²) in [4.78, 5) is 14.9. The molecule has 0 aliphatic carbocycles. The van der Waals surface area contributed by atoms with Crippen LogP contribution in [-0.4, -0.2) is 44.9 Å². The van der Waals surface area contributed by atoms with Crippen molar-refractivity contribution in [3.63, 3.8) is 0 Å². The molecule has 29 heavy (non-hydrogen) atoms. The van der Waals surface area contributed by atoms with Crippen molar-refractivity contribution in [1.82, 2.24) is 25.2 Å². The molecule has 2 aromatic carbocycles. The standard InChI is InChI=1S/C22H24FN5O/c1-16(12-27-11-10-17-6-2-3-7-18(17)13-27)24-22(29)21-15-28(26-25-21)14-19-8-4-5-9-20(19)23/h2-9,15-16H,10-14H2,1H3,(H,24,29)/t16-/m0/s1. The molecule has 1 amide bonds. The molecule has 1 atom stereocenters. The molecule has 1 aromatic heterocycles. The van der Waals surface area contributed by atoms with Gasteiger partial charge in [-0.3, -0.25) is 9.69 Å². The molecule has 2 heterocycles. The van der Waals surface area contributed by atoms with E-state index in [0.29, 0.717) is 5.56 Å². The Morgan fingerprint density at radius 1 is 1.17 bits per heavy atom. The highest BCUT2D eigenvalue weighted by atomic mass is 19.1. The Labute approximate surface area is 169 Å². The van der Waals surface area contributed by atoms with Gasteiger partial charge in [-0.05, 0) is 30.5 Å². The van der Waals surface area contributed by atoms with Crippen LogP contribution in [0.5, 0.6) is 0 Å². The predicted octanol–water partition coefficient (Wildman–Crippen LogP) is 2.64. The first kappa shape index (κ1) is 19.3. The third-order valence-electron chi connectivity index (χ3n) is 5.18. The minimum absolute atomic E-state index is 0.0236. The van der Waals surface area contributed by atoms with Crippen molar-refractivity contribution in [2.45, 2.75) is 32.5 Å². The van der Waals surface area contributed by atoms with Crippen LogP contribution in [0.3, 0.4) is 0 Å². The fraction of sp³-hybridized carbons (Fsp3) is 0.318. The number of halogens is 1. The molecule has 0 unspecified atom stereocenters. The van der Waals surface area contributed by atoms with E-state index in [4.69, 9.17) is 0 Å². The maximum absolute atomic E-state index is 13.8. The van der Waals surface area contributed by atoms with Crippen LogP contribution in [0.4, 0.5) is 4.39 Å². The van der Waals surface area contributed by atoms with E-state index in [1.807, 2.05) is 6.92 Å². The SMILES string of the molecule is C[C@@H](CN1CCc2ccccc2C1)NC(=O)c1cn(Cc2ccccc2F)nn1. The Morgan fingerprint density at radius 3 is 2.76 bits per heavy atom. The summed E-state index contributed by atoms with van der Waals surface area (Å²) in [5.41, 5.74) is 3.50. The first-order valence-corrected chi connectivity index (χ1v) is 9.82. The van der Waals surface area contributed by atoms with Crippen LogP contribution >= 0.6 is 0 Å². The van der Waals surface area contributed by atoms with Gasteiger partial charge < -0.3 is 5.32 Å². The summed E-state index contributed by atoms with van der Waals surface area (Å²) in [6.07, 6.45) is 2.58. The van der Waals surface area contributed by atoms with Crippen LogP contribution in [0.2, 0.25) is 0 Å².